The minimum absolute atomic E-state index is 0. The highest BCUT2D eigenvalue weighted by atomic mass is 35.5. The van der Waals surface area contributed by atoms with Gasteiger partial charge >= 0.3 is 0 Å². The van der Waals surface area contributed by atoms with Gasteiger partial charge in [-0.1, -0.05) is 0 Å². The monoisotopic (exact) mass is 284 g/mol. The summed E-state index contributed by atoms with van der Waals surface area (Å²) in [5, 5.41) is 3.33. The SMILES string of the molecule is COc1ccc(C(=O)N(C)C2CCCNC2)cc1.Cl. The average molecular weight is 285 g/mol. The Labute approximate surface area is 120 Å². The van der Waals surface area contributed by atoms with E-state index in [1.165, 1.54) is 0 Å². The number of benzene rings is 1. The summed E-state index contributed by atoms with van der Waals surface area (Å²) in [5.41, 5.74) is 0.712. The quantitative estimate of drug-likeness (QED) is 0.922. The Kier molecular flexibility index (Phi) is 6.12. The van der Waals surface area contributed by atoms with Crippen LogP contribution in [-0.2, 0) is 0 Å². The predicted octanol–water partition coefficient (Wildman–Crippen LogP) is 1.94. The van der Waals surface area contributed by atoms with Crippen LogP contribution < -0.4 is 10.1 Å². The van der Waals surface area contributed by atoms with E-state index in [-0.39, 0.29) is 18.3 Å². The van der Waals surface area contributed by atoms with Crippen molar-refractivity contribution in [3.05, 3.63) is 29.8 Å². The summed E-state index contributed by atoms with van der Waals surface area (Å²) >= 11 is 0. The van der Waals surface area contributed by atoms with Crippen molar-refractivity contribution in [2.75, 3.05) is 27.2 Å². The summed E-state index contributed by atoms with van der Waals surface area (Å²) in [6.07, 6.45) is 2.20. The molecule has 0 saturated carbocycles. The van der Waals surface area contributed by atoms with Crippen molar-refractivity contribution in [1.29, 1.82) is 0 Å². The Balaban J connectivity index is 0.00000180. The van der Waals surface area contributed by atoms with Gasteiger partial charge in [0.05, 0.1) is 7.11 Å². The van der Waals surface area contributed by atoms with Crippen LogP contribution in [0, 0.1) is 0 Å². The molecular formula is C14H21ClN2O2. The van der Waals surface area contributed by atoms with E-state index in [9.17, 15) is 4.79 Å². The van der Waals surface area contributed by atoms with Crippen molar-refractivity contribution in [1.82, 2.24) is 10.2 Å². The molecular weight excluding hydrogens is 264 g/mol. The van der Waals surface area contributed by atoms with Gasteiger partial charge in [-0.25, -0.2) is 0 Å². The van der Waals surface area contributed by atoms with Crippen molar-refractivity contribution in [2.45, 2.75) is 18.9 Å². The second-order valence-corrected chi connectivity index (χ2v) is 4.64. The topological polar surface area (TPSA) is 41.6 Å². The number of carbonyl (C=O) groups excluding carboxylic acids is 1. The van der Waals surface area contributed by atoms with Gasteiger partial charge in [-0.15, -0.1) is 12.4 Å². The Morgan fingerprint density at radius 3 is 2.58 bits per heavy atom. The second-order valence-electron chi connectivity index (χ2n) is 4.64. The number of likely N-dealkylation sites (N-methyl/N-ethyl adjacent to an activating group) is 1. The number of hydrogen-bond acceptors (Lipinski definition) is 3. The van der Waals surface area contributed by atoms with E-state index in [2.05, 4.69) is 5.32 Å². The molecule has 1 heterocycles. The molecule has 0 spiro atoms. The maximum absolute atomic E-state index is 12.3. The summed E-state index contributed by atoms with van der Waals surface area (Å²) in [5.74, 6) is 0.847. The molecule has 2 rings (SSSR count). The largest absolute Gasteiger partial charge is 0.497 e. The summed E-state index contributed by atoms with van der Waals surface area (Å²) in [6.45, 7) is 1.94. The first-order valence-corrected chi connectivity index (χ1v) is 6.34. The van der Waals surface area contributed by atoms with Gasteiger partial charge < -0.3 is 15.0 Å². The van der Waals surface area contributed by atoms with E-state index in [0.717, 1.165) is 31.7 Å². The summed E-state index contributed by atoms with van der Waals surface area (Å²) in [4.78, 5) is 14.1. The number of carbonyl (C=O) groups is 1. The van der Waals surface area contributed by atoms with Gasteiger partial charge in [0.2, 0.25) is 0 Å². The highest BCUT2D eigenvalue weighted by Gasteiger charge is 2.22. The second kappa shape index (κ2) is 7.36. The minimum Gasteiger partial charge on any atom is -0.497 e. The minimum atomic E-state index is 0. The molecule has 106 valence electrons. The molecule has 0 bridgehead atoms. The van der Waals surface area contributed by atoms with E-state index < -0.39 is 0 Å². The van der Waals surface area contributed by atoms with Gasteiger partial charge in [0.15, 0.2) is 0 Å². The normalized spacial score (nSPS) is 18.3. The third-order valence-corrected chi connectivity index (χ3v) is 3.48. The number of nitrogens with zero attached hydrogens (tertiary/aromatic N) is 1. The lowest BCUT2D eigenvalue weighted by atomic mass is 10.1. The van der Waals surface area contributed by atoms with Crippen LogP contribution in [0.5, 0.6) is 5.75 Å². The van der Waals surface area contributed by atoms with Crippen LogP contribution in [-0.4, -0.2) is 44.1 Å². The van der Waals surface area contributed by atoms with Gasteiger partial charge in [0.1, 0.15) is 5.75 Å². The average Bonchev–Trinajstić information content (AvgIpc) is 2.47. The Morgan fingerprint density at radius 1 is 1.37 bits per heavy atom. The van der Waals surface area contributed by atoms with Crippen LogP contribution in [0.3, 0.4) is 0 Å². The first-order valence-electron chi connectivity index (χ1n) is 6.34. The number of halogens is 1. The molecule has 0 aliphatic carbocycles. The molecule has 5 heteroatoms. The van der Waals surface area contributed by atoms with Crippen LogP contribution >= 0.6 is 12.4 Å². The molecule has 1 unspecified atom stereocenters. The van der Waals surface area contributed by atoms with Gasteiger partial charge in [-0.3, -0.25) is 4.79 Å². The summed E-state index contributed by atoms with van der Waals surface area (Å²) in [6, 6.07) is 7.57. The third kappa shape index (κ3) is 3.85. The van der Waals surface area contributed by atoms with Crippen LogP contribution in [0.4, 0.5) is 0 Å². The molecule has 0 radical (unpaired) electrons. The molecule has 1 atom stereocenters. The predicted molar refractivity (Wildman–Crippen MR) is 78.2 cm³/mol. The first-order chi connectivity index (χ1) is 8.72. The maximum Gasteiger partial charge on any atom is 0.253 e. The van der Waals surface area contributed by atoms with Gasteiger partial charge in [0.25, 0.3) is 5.91 Å². The maximum atomic E-state index is 12.3. The number of ether oxygens (including phenoxy) is 1. The summed E-state index contributed by atoms with van der Waals surface area (Å²) < 4.78 is 5.09. The van der Waals surface area contributed by atoms with Crippen molar-refractivity contribution in [3.8, 4) is 5.75 Å². The molecule has 1 aliphatic rings. The lowest BCUT2D eigenvalue weighted by Gasteiger charge is -2.31. The first kappa shape index (κ1) is 15.8. The fraction of sp³-hybridized carbons (Fsp3) is 0.500. The van der Waals surface area contributed by atoms with Gasteiger partial charge in [-0.05, 0) is 43.7 Å². The fourth-order valence-corrected chi connectivity index (χ4v) is 2.27. The molecule has 4 nitrogen and oxygen atoms in total. The molecule has 19 heavy (non-hydrogen) atoms. The third-order valence-electron chi connectivity index (χ3n) is 3.48. The molecule has 1 saturated heterocycles. The van der Waals surface area contributed by atoms with Gasteiger partial charge in [0, 0.05) is 25.2 Å². The molecule has 1 fully saturated rings. The number of piperidine rings is 1. The molecule has 1 N–H and O–H groups in total. The van der Waals surface area contributed by atoms with Crippen molar-refractivity contribution in [3.63, 3.8) is 0 Å². The lowest BCUT2D eigenvalue weighted by Crippen LogP contribution is -2.46. The van der Waals surface area contributed by atoms with Crippen molar-refractivity contribution >= 4 is 18.3 Å². The highest BCUT2D eigenvalue weighted by Crippen LogP contribution is 2.15. The van der Waals surface area contributed by atoms with E-state index in [1.54, 1.807) is 7.11 Å². The summed E-state index contributed by atoms with van der Waals surface area (Å²) in [7, 11) is 3.50. The number of amides is 1. The smallest absolute Gasteiger partial charge is 0.253 e. The number of hydrogen-bond donors (Lipinski definition) is 1. The Hall–Kier alpha value is -1.26. The zero-order chi connectivity index (χ0) is 13.0. The highest BCUT2D eigenvalue weighted by molar-refractivity contribution is 5.94. The van der Waals surface area contributed by atoms with Crippen LogP contribution in [0.1, 0.15) is 23.2 Å². The molecule has 1 aromatic carbocycles. The Bertz CT molecular complexity index is 402. The molecule has 0 aromatic heterocycles. The number of rotatable bonds is 3. The van der Waals surface area contributed by atoms with Crippen LogP contribution in [0.25, 0.3) is 0 Å². The van der Waals surface area contributed by atoms with Crippen LogP contribution in [0.2, 0.25) is 0 Å². The number of methoxy groups -OCH3 is 1. The number of nitrogens with one attached hydrogen (secondary N) is 1. The molecule has 1 aromatic rings. The van der Waals surface area contributed by atoms with Crippen molar-refractivity contribution < 1.29 is 9.53 Å². The van der Waals surface area contributed by atoms with Crippen molar-refractivity contribution in [2.24, 2.45) is 0 Å². The zero-order valence-electron chi connectivity index (χ0n) is 11.4. The lowest BCUT2D eigenvalue weighted by molar-refractivity contribution is 0.0708. The fourth-order valence-electron chi connectivity index (χ4n) is 2.27. The van der Waals surface area contributed by atoms with E-state index in [1.807, 2.05) is 36.2 Å². The molecule has 1 aliphatic heterocycles. The van der Waals surface area contributed by atoms with E-state index in [4.69, 9.17) is 4.74 Å². The van der Waals surface area contributed by atoms with E-state index in [0.29, 0.717) is 11.6 Å². The Morgan fingerprint density at radius 2 is 2.05 bits per heavy atom. The molecule has 1 amide bonds. The van der Waals surface area contributed by atoms with Crippen LogP contribution in [0.15, 0.2) is 24.3 Å². The van der Waals surface area contributed by atoms with E-state index >= 15 is 0 Å². The van der Waals surface area contributed by atoms with Gasteiger partial charge in [-0.2, -0.15) is 0 Å². The zero-order valence-corrected chi connectivity index (χ0v) is 12.2. The standard InChI is InChI=1S/C14H20N2O2.ClH/c1-16(12-4-3-9-15-10-12)14(17)11-5-7-13(18-2)8-6-11;/h5-8,12,15H,3-4,9-10H2,1-2H3;1H.